The molecule has 1 aromatic carbocycles. The first kappa shape index (κ1) is 13.1. The van der Waals surface area contributed by atoms with Crippen LogP contribution in [0, 0.1) is 0 Å². The molecule has 0 aromatic heterocycles. The van der Waals surface area contributed by atoms with E-state index in [9.17, 15) is 4.79 Å². The van der Waals surface area contributed by atoms with Gasteiger partial charge in [-0.05, 0) is 19.0 Å². The molecule has 1 amide bonds. The van der Waals surface area contributed by atoms with E-state index in [2.05, 4.69) is 17.0 Å². The van der Waals surface area contributed by atoms with E-state index in [1.54, 1.807) is 19.0 Å². The number of carbonyl (C=O) groups excluding carboxylic acids is 1. The number of nitrogens with zero attached hydrogens (tertiary/aromatic N) is 2. The van der Waals surface area contributed by atoms with Crippen LogP contribution < -0.4 is 5.73 Å². The molecule has 1 saturated heterocycles. The quantitative estimate of drug-likeness (QED) is 0.843. The summed E-state index contributed by atoms with van der Waals surface area (Å²) in [5.41, 5.74) is 7.40. The maximum atomic E-state index is 12.1. The lowest BCUT2D eigenvalue weighted by Crippen LogP contribution is -2.41. The largest absolute Gasteiger partial charge is 0.347 e. The lowest BCUT2D eigenvalue weighted by molar-refractivity contribution is -0.133. The Morgan fingerprint density at radius 2 is 1.94 bits per heavy atom. The summed E-state index contributed by atoms with van der Waals surface area (Å²) in [6.07, 6.45) is 0.715. The van der Waals surface area contributed by atoms with Crippen LogP contribution in [0.15, 0.2) is 30.3 Å². The van der Waals surface area contributed by atoms with Gasteiger partial charge >= 0.3 is 0 Å². The molecule has 0 saturated carbocycles. The van der Waals surface area contributed by atoms with Gasteiger partial charge in [-0.15, -0.1) is 0 Å². The van der Waals surface area contributed by atoms with Crippen LogP contribution in [0.2, 0.25) is 0 Å². The Balaban J connectivity index is 2.22. The van der Waals surface area contributed by atoms with Gasteiger partial charge in [0.2, 0.25) is 5.91 Å². The maximum absolute atomic E-state index is 12.1. The van der Waals surface area contributed by atoms with E-state index in [1.807, 2.05) is 25.2 Å². The molecule has 4 nitrogen and oxygen atoms in total. The van der Waals surface area contributed by atoms with Gasteiger partial charge in [0.05, 0.1) is 12.1 Å². The third-order valence-electron chi connectivity index (χ3n) is 3.70. The number of hydrogen-bond acceptors (Lipinski definition) is 3. The number of likely N-dealkylation sites (N-methyl/N-ethyl adjacent to an activating group) is 2. The molecule has 0 radical (unpaired) electrons. The number of carbonyl (C=O) groups is 1. The van der Waals surface area contributed by atoms with E-state index in [4.69, 9.17) is 5.73 Å². The Kier molecular flexibility index (Phi) is 3.68. The molecule has 1 aliphatic rings. The molecule has 2 N–H and O–H groups in total. The molecule has 3 atom stereocenters. The highest BCUT2D eigenvalue weighted by Gasteiger charge is 2.41. The van der Waals surface area contributed by atoms with Crippen molar-refractivity contribution in [3.63, 3.8) is 0 Å². The standard InChI is InChI=1S/C14H21N3O/c1-16(2)14(18)12-9-11(15)13(17(12)3)10-7-5-4-6-8-10/h4-8,11-13H,9,15H2,1-3H3/t11-,12+,13+/m1/s1. The summed E-state index contributed by atoms with van der Waals surface area (Å²) in [4.78, 5) is 15.8. The van der Waals surface area contributed by atoms with Crippen molar-refractivity contribution in [3.05, 3.63) is 35.9 Å². The van der Waals surface area contributed by atoms with Crippen LogP contribution in [0.25, 0.3) is 0 Å². The SMILES string of the molecule is CN(C)C(=O)[C@@H]1C[C@@H](N)[C@H](c2ccccc2)N1C. The number of hydrogen-bond donors (Lipinski definition) is 1. The molecule has 2 rings (SSSR count). The summed E-state index contributed by atoms with van der Waals surface area (Å²) < 4.78 is 0. The average molecular weight is 247 g/mol. The summed E-state index contributed by atoms with van der Waals surface area (Å²) in [6.45, 7) is 0. The minimum absolute atomic E-state index is 0.00583. The molecule has 1 aliphatic heterocycles. The Bertz CT molecular complexity index is 418. The Morgan fingerprint density at radius 3 is 2.50 bits per heavy atom. The minimum Gasteiger partial charge on any atom is -0.347 e. The number of likely N-dealkylation sites (tertiary alicyclic amines) is 1. The zero-order chi connectivity index (χ0) is 13.3. The number of amides is 1. The van der Waals surface area contributed by atoms with Crippen LogP contribution >= 0.6 is 0 Å². The second-order valence-corrected chi connectivity index (χ2v) is 5.17. The van der Waals surface area contributed by atoms with E-state index in [0.29, 0.717) is 6.42 Å². The average Bonchev–Trinajstić information content (AvgIpc) is 2.65. The van der Waals surface area contributed by atoms with Crippen LogP contribution in [0.3, 0.4) is 0 Å². The summed E-state index contributed by atoms with van der Waals surface area (Å²) in [7, 11) is 5.56. The second kappa shape index (κ2) is 5.08. The van der Waals surface area contributed by atoms with Gasteiger partial charge < -0.3 is 10.6 Å². The van der Waals surface area contributed by atoms with Crippen molar-refractivity contribution in [1.29, 1.82) is 0 Å². The van der Waals surface area contributed by atoms with Gasteiger partial charge in [0.1, 0.15) is 0 Å². The number of benzene rings is 1. The summed E-state index contributed by atoms with van der Waals surface area (Å²) in [5, 5.41) is 0. The Labute approximate surface area is 108 Å². The normalized spacial score (nSPS) is 28.3. The van der Waals surface area contributed by atoms with Crippen LogP contribution in [0.4, 0.5) is 0 Å². The third-order valence-corrected chi connectivity index (χ3v) is 3.70. The maximum Gasteiger partial charge on any atom is 0.239 e. The Hall–Kier alpha value is -1.39. The first-order valence-electron chi connectivity index (χ1n) is 6.26. The van der Waals surface area contributed by atoms with Crippen molar-refractivity contribution >= 4 is 5.91 Å². The van der Waals surface area contributed by atoms with Gasteiger partial charge in [-0.2, -0.15) is 0 Å². The third kappa shape index (κ3) is 2.26. The smallest absolute Gasteiger partial charge is 0.239 e. The zero-order valence-electron chi connectivity index (χ0n) is 11.2. The van der Waals surface area contributed by atoms with Gasteiger partial charge in [0, 0.05) is 20.1 Å². The highest BCUT2D eigenvalue weighted by atomic mass is 16.2. The highest BCUT2D eigenvalue weighted by Crippen LogP contribution is 2.34. The molecule has 0 aliphatic carbocycles. The second-order valence-electron chi connectivity index (χ2n) is 5.17. The molecule has 1 aromatic rings. The highest BCUT2D eigenvalue weighted by molar-refractivity contribution is 5.82. The molecule has 0 unspecified atom stereocenters. The molecule has 1 fully saturated rings. The van der Waals surface area contributed by atoms with Crippen molar-refractivity contribution in [1.82, 2.24) is 9.80 Å². The van der Waals surface area contributed by atoms with Gasteiger partial charge in [-0.3, -0.25) is 9.69 Å². The number of rotatable bonds is 2. The topological polar surface area (TPSA) is 49.6 Å². The monoisotopic (exact) mass is 247 g/mol. The van der Waals surface area contributed by atoms with E-state index in [0.717, 1.165) is 0 Å². The molecule has 4 heteroatoms. The van der Waals surface area contributed by atoms with Gasteiger partial charge in [0.25, 0.3) is 0 Å². The molecule has 0 bridgehead atoms. The van der Waals surface area contributed by atoms with Crippen molar-refractivity contribution in [2.75, 3.05) is 21.1 Å². The number of nitrogens with two attached hydrogens (primary N) is 1. The lowest BCUT2D eigenvalue weighted by Gasteiger charge is -2.27. The molecular weight excluding hydrogens is 226 g/mol. The van der Waals surface area contributed by atoms with Crippen molar-refractivity contribution < 1.29 is 4.79 Å². The fourth-order valence-corrected chi connectivity index (χ4v) is 2.75. The fourth-order valence-electron chi connectivity index (χ4n) is 2.75. The predicted octanol–water partition coefficient (Wildman–Crippen LogP) is 0.847. The minimum atomic E-state index is -0.111. The summed E-state index contributed by atoms with van der Waals surface area (Å²) in [5.74, 6) is 0.131. The van der Waals surface area contributed by atoms with Gasteiger partial charge in [-0.25, -0.2) is 0 Å². The Morgan fingerprint density at radius 1 is 1.33 bits per heavy atom. The van der Waals surface area contributed by atoms with E-state index < -0.39 is 0 Å². The van der Waals surface area contributed by atoms with Gasteiger partial charge in [-0.1, -0.05) is 30.3 Å². The van der Waals surface area contributed by atoms with E-state index in [1.165, 1.54) is 5.56 Å². The molecular formula is C14H21N3O. The van der Waals surface area contributed by atoms with Crippen molar-refractivity contribution in [2.24, 2.45) is 5.73 Å². The lowest BCUT2D eigenvalue weighted by atomic mass is 10.0. The molecule has 0 spiro atoms. The van der Waals surface area contributed by atoms with Crippen LogP contribution in [0.1, 0.15) is 18.0 Å². The van der Waals surface area contributed by atoms with Gasteiger partial charge in [0.15, 0.2) is 0 Å². The summed E-state index contributed by atoms with van der Waals surface area (Å²) in [6, 6.07) is 10.2. The van der Waals surface area contributed by atoms with E-state index in [-0.39, 0.29) is 24.0 Å². The molecule has 18 heavy (non-hydrogen) atoms. The van der Waals surface area contributed by atoms with Crippen LogP contribution in [0.5, 0.6) is 0 Å². The van der Waals surface area contributed by atoms with Crippen molar-refractivity contribution in [3.8, 4) is 0 Å². The zero-order valence-corrected chi connectivity index (χ0v) is 11.2. The van der Waals surface area contributed by atoms with Crippen LogP contribution in [-0.2, 0) is 4.79 Å². The molecule has 98 valence electrons. The first-order valence-corrected chi connectivity index (χ1v) is 6.26. The molecule has 1 heterocycles. The fraction of sp³-hybridized carbons (Fsp3) is 0.500. The van der Waals surface area contributed by atoms with Crippen molar-refractivity contribution in [2.45, 2.75) is 24.5 Å². The summed E-state index contributed by atoms with van der Waals surface area (Å²) >= 11 is 0. The predicted molar refractivity (Wildman–Crippen MR) is 72.0 cm³/mol. The first-order chi connectivity index (χ1) is 8.52. The van der Waals surface area contributed by atoms with Crippen LogP contribution in [-0.4, -0.2) is 48.9 Å². The van der Waals surface area contributed by atoms with E-state index >= 15 is 0 Å².